The molecule has 1 atom stereocenters. The van der Waals surface area contributed by atoms with Crippen molar-refractivity contribution < 1.29 is 23.6 Å². The molecule has 1 aliphatic heterocycles. The van der Waals surface area contributed by atoms with E-state index >= 15 is 0 Å². The maximum absolute atomic E-state index is 13.4. The molecule has 168 valence electrons. The van der Waals surface area contributed by atoms with Crippen molar-refractivity contribution in [1.29, 1.82) is 0 Å². The molecule has 1 aromatic heterocycles. The van der Waals surface area contributed by atoms with Crippen molar-refractivity contribution in [2.45, 2.75) is 25.9 Å². The SMILES string of the molecule is CC(=O)Nc1ccc(N2C(=O)CC(N(Cc3cccs3)C(=O)c3ccc(F)cc3)C2=O)cc1. The van der Waals surface area contributed by atoms with Crippen LogP contribution in [-0.2, 0) is 20.9 Å². The van der Waals surface area contributed by atoms with Crippen molar-refractivity contribution in [1.82, 2.24) is 4.90 Å². The second kappa shape index (κ2) is 9.33. The van der Waals surface area contributed by atoms with Crippen molar-refractivity contribution >= 4 is 46.3 Å². The van der Waals surface area contributed by atoms with Crippen molar-refractivity contribution in [3.63, 3.8) is 0 Å². The van der Waals surface area contributed by atoms with E-state index in [1.54, 1.807) is 24.3 Å². The summed E-state index contributed by atoms with van der Waals surface area (Å²) in [6, 6.07) is 14.1. The number of anilines is 2. The van der Waals surface area contributed by atoms with Crippen molar-refractivity contribution in [3.8, 4) is 0 Å². The summed E-state index contributed by atoms with van der Waals surface area (Å²) in [4.78, 5) is 53.9. The van der Waals surface area contributed by atoms with Gasteiger partial charge >= 0.3 is 0 Å². The number of thiophene rings is 1. The van der Waals surface area contributed by atoms with E-state index in [1.165, 1.54) is 47.4 Å². The average molecular weight is 466 g/mol. The number of benzene rings is 2. The fourth-order valence-corrected chi connectivity index (χ4v) is 4.38. The number of nitrogens with one attached hydrogen (secondary N) is 1. The van der Waals surface area contributed by atoms with Gasteiger partial charge < -0.3 is 10.2 Å². The van der Waals surface area contributed by atoms with Gasteiger partial charge in [0.2, 0.25) is 11.8 Å². The lowest BCUT2D eigenvalue weighted by Crippen LogP contribution is -2.45. The van der Waals surface area contributed by atoms with Crippen molar-refractivity contribution in [3.05, 3.63) is 82.3 Å². The van der Waals surface area contributed by atoms with Gasteiger partial charge in [0.05, 0.1) is 18.7 Å². The molecule has 3 aromatic rings. The van der Waals surface area contributed by atoms with E-state index in [0.29, 0.717) is 11.4 Å². The van der Waals surface area contributed by atoms with Crippen LogP contribution in [0, 0.1) is 5.82 Å². The molecule has 0 spiro atoms. The number of carbonyl (C=O) groups excluding carboxylic acids is 4. The van der Waals surface area contributed by atoms with E-state index in [2.05, 4.69) is 5.32 Å². The summed E-state index contributed by atoms with van der Waals surface area (Å²) in [5.74, 6) is -2.12. The Morgan fingerprint density at radius 2 is 1.79 bits per heavy atom. The molecule has 2 aromatic carbocycles. The van der Waals surface area contributed by atoms with E-state index in [9.17, 15) is 23.6 Å². The topological polar surface area (TPSA) is 86.8 Å². The monoisotopic (exact) mass is 465 g/mol. The van der Waals surface area contributed by atoms with Crippen LogP contribution in [0.5, 0.6) is 0 Å². The molecule has 0 bridgehead atoms. The van der Waals surface area contributed by atoms with Crippen LogP contribution in [0.4, 0.5) is 15.8 Å². The van der Waals surface area contributed by atoms with Gasteiger partial charge in [-0.2, -0.15) is 0 Å². The van der Waals surface area contributed by atoms with Gasteiger partial charge in [0.15, 0.2) is 0 Å². The summed E-state index contributed by atoms with van der Waals surface area (Å²) in [7, 11) is 0. The minimum absolute atomic E-state index is 0.146. The maximum Gasteiger partial charge on any atom is 0.257 e. The molecule has 1 fully saturated rings. The Bertz CT molecular complexity index is 1190. The molecule has 7 nitrogen and oxygen atoms in total. The normalized spacial score (nSPS) is 15.6. The Morgan fingerprint density at radius 1 is 1.09 bits per heavy atom. The van der Waals surface area contributed by atoms with Crippen LogP contribution in [0.25, 0.3) is 0 Å². The Kier molecular flexibility index (Phi) is 6.32. The van der Waals surface area contributed by atoms with E-state index < -0.39 is 29.6 Å². The van der Waals surface area contributed by atoms with Crippen molar-refractivity contribution in [2.24, 2.45) is 0 Å². The molecule has 1 aliphatic rings. The summed E-state index contributed by atoms with van der Waals surface area (Å²) >= 11 is 1.43. The molecule has 0 aliphatic carbocycles. The first-order valence-corrected chi connectivity index (χ1v) is 11.0. The highest BCUT2D eigenvalue weighted by Crippen LogP contribution is 2.29. The Labute approximate surface area is 193 Å². The van der Waals surface area contributed by atoms with Gasteiger partial charge in [-0.1, -0.05) is 6.07 Å². The minimum atomic E-state index is -0.993. The lowest BCUT2D eigenvalue weighted by atomic mass is 10.1. The fraction of sp³-hybridized carbons (Fsp3) is 0.167. The predicted molar refractivity (Wildman–Crippen MR) is 122 cm³/mol. The average Bonchev–Trinajstić information content (AvgIpc) is 3.40. The lowest BCUT2D eigenvalue weighted by molar-refractivity contribution is -0.122. The summed E-state index contributed by atoms with van der Waals surface area (Å²) in [5.41, 5.74) is 1.12. The molecule has 9 heteroatoms. The molecular formula is C24H20FN3O4S. The fourth-order valence-electron chi connectivity index (χ4n) is 3.68. The number of amides is 4. The number of halogens is 1. The number of nitrogens with zero attached hydrogens (tertiary/aromatic N) is 2. The Morgan fingerprint density at radius 3 is 2.39 bits per heavy atom. The molecular weight excluding hydrogens is 445 g/mol. The van der Waals surface area contributed by atoms with E-state index in [4.69, 9.17) is 0 Å². The number of hydrogen-bond acceptors (Lipinski definition) is 5. The van der Waals surface area contributed by atoms with Crippen LogP contribution >= 0.6 is 11.3 Å². The standard InChI is InChI=1S/C24H20FN3O4S/c1-15(29)26-18-8-10-19(11-9-18)28-22(30)13-21(24(28)32)27(14-20-3-2-12-33-20)23(31)16-4-6-17(25)7-5-16/h2-12,21H,13-14H2,1H3,(H,26,29). The van der Waals surface area contributed by atoms with Gasteiger partial charge in [0.1, 0.15) is 11.9 Å². The van der Waals surface area contributed by atoms with Crippen LogP contribution in [0.2, 0.25) is 0 Å². The van der Waals surface area contributed by atoms with Crippen molar-refractivity contribution in [2.75, 3.05) is 10.2 Å². The Balaban J connectivity index is 1.62. The van der Waals surface area contributed by atoms with E-state index in [-0.39, 0.29) is 24.4 Å². The van der Waals surface area contributed by atoms with Crippen LogP contribution in [-0.4, -0.2) is 34.6 Å². The first-order chi connectivity index (χ1) is 15.8. The molecule has 33 heavy (non-hydrogen) atoms. The van der Waals surface area contributed by atoms with Gasteiger partial charge in [0.25, 0.3) is 11.8 Å². The third-order valence-corrected chi connectivity index (χ3v) is 6.06. The molecule has 0 radical (unpaired) electrons. The third-order valence-electron chi connectivity index (χ3n) is 5.20. The zero-order valence-corrected chi connectivity index (χ0v) is 18.5. The highest BCUT2D eigenvalue weighted by Gasteiger charge is 2.44. The van der Waals surface area contributed by atoms with Crippen LogP contribution in [0.15, 0.2) is 66.0 Å². The Hall–Kier alpha value is -3.85. The van der Waals surface area contributed by atoms with Crippen LogP contribution < -0.4 is 10.2 Å². The second-order valence-electron chi connectivity index (χ2n) is 7.53. The van der Waals surface area contributed by atoms with E-state index in [0.717, 1.165) is 9.78 Å². The summed E-state index contributed by atoms with van der Waals surface area (Å²) in [5, 5.41) is 4.49. The number of hydrogen-bond donors (Lipinski definition) is 1. The van der Waals surface area contributed by atoms with Gasteiger partial charge in [-0.05, 0) is 60.0 Å². The molecule has 0 saturated carbocycles. The van der Waals surface area contributed by atoms with Crippen LogP contribution in [0.3, 0.4) is 0 Å². The number of carbonyl (C=O) groups is 4. The zero-order chi connectivity index (χ0) is 23.5. The van der Waals surface area contributed by atoms with Crippen LogP contribution in [0.1, 0.15) is 28.6 Å². The molecule has 4 rings (SSSR count). The largest absolute Gasteiger partial charge is 0.326 e. The minimum Gasteiger partial charge on any atom is -0.326 e. The van der Waals surface area contributed by atoms with Gasteiger partial charge in [0, 0.05) is 23.1 Å². The summed E-state index contributed by atoms with van der Waals surface area (Å²) in [6.45, 7) is 1.53. The molecule has 1 saturated heterocycles. The number of imide groups is 1. The lowest BCUT2D eigenvalue weighted by Gasteiger charge is -2.27. The van der Waals surface area contributed by atoms with Gasteiger partial charge in [-0.25, -0.2) is 9.29 Å². The maximum atomic E-state index is 13.4. The van der Waals surface area contributed by atoms with Gasteiger partial charge in [-0.15, -0.1) is 11.3 Å². The molecule has 1 unspecified atom stereocenters. The smallest absolute Gasteiger partial charge is 0.257 e. The quantitative estimate of drug-likeness (QED) is 0.561. The zero-order valence-electron chi connectivity index (χ0n) is 17.7. The molecule has 1 N–H and O–H groups in total. The first-order valence-electron chi connectivity index (χ1n) is 10.2. The third kappa shape index (κ3) is 4.83. The highest BCUT2D eigenvalue weighted by atomic mass is 32.1. The second-order valence-corrected chi connectivity index (χ2v) is 8.57. The first kappa shape index (κ1) is 22.3. The van der Waals surface area contributed by atoms with E-state index in [1.807, 2.05) is 17.5 Å². The summed E-state index contributed by atoms with van der Waals surface area (Å²) in [6.07, 6.45) is -0.162. The molecule has 2 heterocycles. The predicted octanol–water partition coefficient (Wildman–Crippen LogP) is 3.82. The highest BCUT2D eigenvalue weighted by molar-refractivity contribution is 7.09. The number of rotatable bonds is 6. The molecule has 4 amide bonds. The van der Waals surface area contributed by atoms with Gasteiger partial charge in [-0.3, -0.25) is 19.2 Å². The summed E-state index contributed by atoms with van der Waals surface area (Å²) < 4.78 is 13.4.